The normalized spacial score (nSPS) is 27.4. The van der Waals surface area contributed by atoms with Crippen molar-refractivity contribution < 1.29 is 13.6 Å². The van der Waals surface area contributed by atoms with Gasteiger partial charge in [0.05, 0.1) is 0 Å². The molecule has 5 heteroatoms. The van der Waals surface area contributed by atoms with Crippen LogP contribution in [0.15, 0.2) is 0 Å². The van der Waals surface area contributed by atoms with E-state index in [1.165, 1.54) is 0 Å². The maximum absolute atomic E-state index is 10.7. The smallest absolute Gasteiger partial charge is 0.231 e. The molecule has 1 fully saturated rings. The molecule has 0 radical (unpaired) electrons. The first kappa shape index (κ1) is 8.83. The van der Waals surface area contributed by atoms with Gasteiger partial charge in [0.25, 0.3) is 0 Å². The Hall–Kier alpha value is -0.260. The molecule has 0 amide bonds. The number of rotatable bonds is 3. The van der Waals surface area contributed by atoms with Crippen molar-refractivity contribution in [1.82, 2.24) is 4.72 Å². The molecule has 11 heavy (non-hydrogen) atoms. The van der Waals surface area contributed by atoms with E-state index in [4.69, 9.17) is 4.55 Å². The van der Waals surface area contributed by atoms with Crippen LogP contribution in [0, 0.1) is 5.92 Å². The number of hydrogen-bond donors (Lipinski definition) is 2. The molecule has 0 aromatic heterocycles. The minimum Gasteiger partial charge on any atom is -0.300 e. The third-order valence-electron chi connectivity index (χ3n) is 1.84. The Morgan fingerprint density at radius 3 is 2.91 bits per heavy atom. The molecule has 2 atom stereocenters. The van der Waals surface area contributed by atoms with Crippen LogP contribution in [-0.2, 0) is 16.1 Å². The summed E-state index contributed by atoms with van der Waals surface area (Å²) >= 11 is -1.93. The van der Waals surface area contributed by atoms with E-state index in [0.717, 1.165) is 6.42 Å². The molecular formula is C6H11NO3S. The van der Waals surface area contributed by atoms with Crippen LogP contribution in [0.1, 0.15) is 19.3 Å². The third-order valence-corrected chi connectivity index (χ3v) is 2.26. The molecule has 0 heterocycles. The summed E-state index contributed by atoms with van der Waals surface area (Å²) in [6.45, 7) is 0.467. The highest BCUT2D eigenvalue weighted by Crippen LogP contribution is 2.20. The van der Waals surface area contributed by atoms with Crippen molar-refractivity contribution in [2.24, 2.45) is 5.92 Å². The molecule has 1 rings (SSSR count). The summed E-state index contributed by atoms with van der Waals surface area (Å²) in [5.41, 5.74) is 0. The highest BCUT2D eigenvalue weighted by atomic mass is 32.2. The van der Waals surface area contributed by atoms with Crippen LogP contribution in [0.25, 0.3) is 0 Å². The second-order valence-electron chi connectivity index (χ2n) is 2.75. The average Bonchev–Trinajstić information content (AvgIpc) is 2.31. The summed E-state index contributed by atoms with van der Waals surface area (Å²) in [5.74, 6) is 0.527. The van der Waals surface area contributed by atoms with Crippen LogP contribution in [0.4, 0.5) is 0 Å². The molecule has 4 nitrogen and oxygen atoms in total. The first-order valence-corrected chi connectivity index (χ1v) is 4.65. The van der Waals surface area contributed by atoms with Crippen LogP contribution in [0.3, 0.4) is 0 Å². The second-order valence-corrected chi connectivity index (χ2v) is 3.53. The Kier molecular flexibility index (Phi) is 3.16. The zero-order chi connectivity index (χ0) is 8.27. The monoisotopic (exact) mass is 177 g/mol. The molecule has 1 saturated carbocycles. The predicted octanol–water partition coefficient (Wildman–Crippen LogP) is 0.0819. The van der Waals surface area contributed by atoms with Crippen LogP contribution in [0.5, 0.6) is 0 Å². The van der Waals surface area contributed by atoms with Gasteiger partial charge in [-0.25, -0.2) is 8.93 Å². The van der Waals surface area contributed by atoms with Crippen LogP contribution < -0.4 is 4.72 Å². The van der Waals surface area contributed by atoms with Crippen molar-refractivity contribution in [2.75, 3.05) is 6.54 Å². The number of carbonyl (C=O) groups is 1. The number of Topliss-reactive ketones (excluding diaryl/α,β-unsaturated/α-hetero) is 1. The molecule has 2 unspecified atom stereocenters. The lowest BCUT2D eigenvalue weighted by Gasteiger charge is -2.05. The molecular weight excluding hydrogens is 166 g/mol. The van der Waals surface area contributed by atoms with Crippen LogP contribution >= 0.6 is 0 Å². The fraction of sp³-hybridized carbons (Fsp3) is 0.833. The molecule has 0 spiro atoms. The standard InChI is InChI=1S/C6H11NO3S/c8-6-2-1-5(3-6)4-7-11(9)10/h5,7H,1-4H2,(H,9,10). The number of ketones is 1. The van der Waals surface area contributed by atoms with E-state index in [2.05, 4.69) is 4.72 Å². The molecule has 0 aromatic rings. The Bertz CT molecular complexity index is 183. The van der Waals surface area contributed by atoms with Crippen molar-refractivity contribution >= 4 is 17.0 Å². The lowest BCUT2D eigenvalue weighted by atomic mass is 10.1. The Morgan fingerprint density at radius 1 is 1.73 bits per heavy atom. The summed E-state index contributed by atoms with van der Waals surface area (Å²) in [6, 6.07) is 0. The topological polar surface area (TPSA) is 66.4 Å². The van der Waals surface area contributed by atoms with Gasteiger partial charge in [-0.1, -0.05) is 0 Å². The zero-order valence-electron chi connectivity index (χ0n) is 6.08. The van der Waals surface area contributed by atoms with Crippen molar-refractivity contribution in [1.29, 1.82) is 0 Å². The fourth-order valence-corrected chi connectivity index (χ4v) is 1.63. The van der Waals surface area contributed by atoms with E-state index in [1.807, 2.05) is 0 Å². The van der Waals surface area contributed by atoms with Crippen molar-refractivity contribution in [3.05, 3.63) is 0 Å². The Labute approximate surface area is 67.8 Å². The molecule has 0 bridgehead atoms. The van der Waals surface area contributed by atoms with Gasteiger partial charge in [-0.05, 0) is 12.3 Å². The van der Waals surface area contributed by atoms with Crippen molar-refractivity contribution in [3.8, 4) is 0 Å². The number of carbonyl (C=O) groups excluding carboxylic acids is 1. The summed E-state index contributed by atoms with van der Waals surface area (Å²) in [7, 11) is 0. The molecule has 64 valence electrons. The maximum atomic E-state index is 10.7. The van der Waals surface area contributed by atoms with Gasteiger partial charge >= 0.3 is 0 Å². The van der Waals surface area contributed by atoms with Gasteiger partial charge in [-0.15, -0.1) is 0 Å². The van der Waals surface area contributed by atoms with Crippen LogP contribution in [-0.4, -0.2) is 21.1 Å². The van der Waals surface area contributed by atoms with Gasteiger partial charge in [0.1, 0.15) is 5.78 Å². The Morgan fingerprint density at radius 2 is 2.45 bits per heavy atom. The second kappa shape index (κ2) is 3.94. The molecule has 0 saturated heterocycles. The predicted molar refractivity (Wildman–Crippen MR) is 41.1 cm³/mol. The molecule has 0 aromatic carbocycles. The zero-order valence-corrected chi connectivity index (χ0v) is 6.89. The van der Waals surface area contributed by atoms with Gasteiger partial charge < -0.3 is 0 Å². The van der Waals surface area contributed by atoms with E-state index in [9.17, 15) is 9.00 Å². The lowest BCUT2D eigenvalue weighted by molar-refractivity contribution is -0.117. The van der Waals surface area contributed by atoms with Gasteiger partial charge in [0.2, 0.25) is 11.3 Å². The van der Waals surface area contributed by atoms with Crippen molar-refractivity contribution in [2.45, 2.75) is 19.3 Å². The van der Waals surface area contributed by atoms with Crippen LogP contribution in [0.2, 0.25) is 0 Å². The van der Waals surface area contributed by atoms with Crippen molar-refractivity contribution in [3.63, 3.8) is 0 Å². The highest BCUT2D eigenvalue weighted by Gasteiger charge is 2.21. The van der Waals surface area contributed by atoms with Gasteiger partial charge in [0.15, 0.2) is 0 Å². The molecule has 2 N–H and O–H groups in total. The Balaban J connectivity index is 2.18. The average molecular weight is 177 g/mol. The number of nitrogens with one attached hydrogen (secondary N) is 1. The number of hydrogen-bond acceptors (Lipinski definition) is 2. The minimum atomic E-state index is -1.93. The van der Waals surface area contributed by atoms with E-state index in [0.29, 0.717) is 19.4 Å². The van der Waals surface area contributed by atoms with E-state index >= 15 is 0 Å². The minimum absolute atomic E-state index is 0.263. The summed E-state index contributed by atoms with van der Waals surface area (Å²) in [5, 5.41) is 0. The first-order valence-electron chi connectivity index (χ1n) is 3.54. The SMILES string of the molecule is O=C1CCC(CNS(=O)O)C1. The maximum Gasteiger partial charge on any atom is 0.231 e. The lowest BCUT2D eigenvalue weighted by Crippen LogP contribution is -2.23. The quantitative estimate of drug-likeness (QED) is 0.600. The fourth-order valence-electron chi connectivity index (χ4n) is 1.25. The third kappa shape index (κ3) is 3.09. The first-order chi connectivity index (χ1) is 5.18. The van der Waals surface area contributed by atoms with Gasteiger partial charge in [-0.2, -0.15) is 0 Å². The van der Waals surface area contributed by atoms with Gasteiger partial charge in [-0.3, -0.25) is 9.35 Å². The van der Waals surface area contributed by atoms with E-state index in [-0.39, 0.29) is 11.7 Å². The summed E-state index contributed by atoms with van der Waals surface area (Å²) in [4.78, 5) is 10.7. The molecule has 0 aliphatic heterocycles. The summed E-state index contributed by atoms with van der Waals surface area (Å²) < 4.78 is 20.9. The molecule has 1 aliphatic carbocycles. The highest BCUT2D eigenvalue weighted by molar-refractivity contribution is 7.77. The van der Waals surface area contributed by atoms with E-state index in [1.54, 1.807) is 0 Å². The van der Waals surface area contributed by atoms with Gasteiger partial charge in [0, 0.05) is 19.4 Å². The summed E-state index contributed by atoms with van der Waals surface area (Å²) in [6.07, 6.45) is 2.04. The largest absolute Gasteiger partial charge is 0.300 e. The molecule has 1 aliphatic rings. The van der Waals surface area contributed by atoms with E-state index < -0.39 is 11.3 Å².